The molecule has 0 radical (unpaired) electrons. The Morgan fingerprint density at radius 1 is 0.919 bits per heavy atom. The second-order valence-corrected chi connectivity index (χ2v) is 11.2. The van der Waals surface area contributed by atoms with Gasteiger partial charge in [-0.3, -0.25) is 0 Å². The van der Waals surface area contributed by atoms with Gasteiger partial charge in [-0.05, 0) is 60.7 Å². The van der Waals surface area contributed by atoms with Crippen molar-refractivity contribution in [2.75, 3.05) is 11.1 Å². The number of hydrogen-bond donors (Lipinski definition) is 3. The van der Waals surface area contributed by atoms with Gasteiger partial charge in [0.1, 0.15) is 21.5 Å². The zero-order chi connectivity index (χ0) is 26.0. The number of sulfonamides is 1. The van der Waals surface area contributed by atoms with E-state index >= 15 is 0 Å². The topological polar surface area (TPSA) is 150 Å². The highest BCUT2D eigenvalue weighted by Crippen LogP contribution is 2.39. The number of primary sulfonamides is 1. The van der Waals surface area contributed by atoms with Crippen LogP contribution in [0, 0.1) is 0 Å². The molecule has 0 saturated carbocycles. The summed E-state index contributed by atoms with van der Waals surface area (Å²) in [6.45, 7) is 0. The van der Waals surface area contributed by atoms with Gasteiger partial charge in [-0.15, -0.1) is 11.3 Å². The second kappa shape index (κ2) is 10.1. The number of hydrogen-bond acceptors (Lipinski definition) is 10. The average molecular weight is 550 g/mol. The number of carbonyl (C=O) groups is 1. The first-order chi connectivity index (χ1) is 17.8. The number of esters is 1. The van der Waals surface area contributed by atoms with E-state index in [0.717, 1.165) is 11.3 Å². The maximum absolute atomic E-state index is 12.2. The van der Waals surface area contributed by atoms with E-state index in [0.29, 0.717) is 37.8 Å². The number of nitrogens with two attached hydrogens (primary N) is 2. The minimum Gasteiger partial charge on any atom is -0.423 e. The molecule has 0 saturated heterocycles. The molecule has 5 N–H and O–H groups in total. The molecule has 5 rings (SSSR count). The number of carbonyl (C=O) groups excluding carboxylic acids is 1. The van der Waals surface area contributed by atoms with Crippen molar-refractivity contribution in [3.05, 3.63) is 89.8 Å². The fraction of sp³-hybridized carbons (Fsp3) is 0. The van der Waals surface area contributed by atoms with Crippen LogP contribution in [0.3, 0.4) is 0 Å². The number of ether oxygens (including phenoxy) is 1. The summed E-state index contributed by atoms with van der Waals surface area (Å²) in [7, 11) is -3.76. The van der Waals surface area contributed by atoms with E-state index in [2.05, 4.69) is 10.3 Å². The number of thiazole rings is 2. The van der Waals surface area contributed by atoms with Crippen molar-refractivity contribution < 1.29 is 17.9 Å². The normalized spacial score (nSPS) is 11.3. The van der Waals surface area contributed by atoms with Gasteiger partial charge < -0.3 is 15.8 Å². The van der Waals surface area contributed by atoms with Crippen LogP contribution in [-0.4, -0.2) is 24.4 Å². The fourth-order valence-corrected chi connectivity index (χ4v) is 5.68. The monoisotopic (exact) mass is 549 g/mol. The van der Waals surface area contributed by atoms with Gasteiger partial charge in [-0.1, -0.05) is 29.5 Å². The number of rotatable bonds is 7. The van der Waals surface area contributed by atoms with Gasteiger partial charge >= 0.3 is 5.97 Å². The van der Waals surface area contributed by atoms with E-state index in [1.807, 2.05) is 23.6 Å². The molecule has 0 aliphatic carbocycles. The lowest BCUT2D eigenvalue weighted by molar-refractivity contribution is 0.0734. The van der Waals surface area contributed by atoms with Crippen molar-refractivity contribution in [3.8, 4) is 26.9 Å². The van der Waals surface area contributed by atoms with Crippen LogP contribution in [0.1, 0.15) is 10.4 Å². The third kappa shape index (κ3) is 5.67. The Kier molecular flexibility index (Phi) is 6.72. The molecule has 37 heavy (non-hydrogen) atoms. The van der Waals surface area contributed by atoms with Crippen LogP contribution in [-0.2, 0) is 10.0 Å². The number of nitrogens with zero attached hydrogens (tertiary/aromatic N) is 2. The molecule has 2 heterocycles. The zero-order valence-corrected chi connectivity index (χ0v) is 21.4. The minimum atomic E-state index is -3.76. The smallest absolute Gasteiger partial charge is 0.343 e. The number of anilines is 3. The van der Waals surface area contributed by atoms with Gasteiger partial charge in [0.15, 0.2) is 5.13 Å². The van der Waals surface area contributed by atoms with Crippen LogP contribution in [0.15, 0.2) is 89.1 Å². The maximum Gasteiger partial charge on any atom is 0.343 e. The van der Waals surface area contributed by atoms with Gasteiger partial charge in [0.2, 0.25) is 10.0 Å². The molecule has 0 aliphatic rings. The lowest BCUT2D eigenvalue weighted by Gasteiger charge is -2.05. The van der Waals surface area contributed by atoms with E-state index < -0.39 is 16.0 Å². The van der Waals surface area contributed by atoms with Crippen molar-refractivity contribution in [3.63, 3.8) is 0 Å². The molecular weight excluding hydrogens is 531 g/mol. The first-order valence-electron chi connectivity index (χ1n) is 10.8. The Labute approximate surface area is 220 Å². The summed E-state index contributed by atoms with van der Waals surface area (Å²) in [5, 5.41) is 11.4. The summed E-state index contributed by atoms with van der Waals surface area (Å²) < 4.78 is 28.3. The standard InChI is InChI=1S/C25H19N5O4S3/c26-22-21(36-25(30-22)28-17-8-12-19(13-9-17)37(27,32)33)23-29-20(14-35-23)15-6-10-18(11-7-15)34-24(31)16-4-2-1-3-5-16/h1-14H,26H2,(H,28,30)(H2,27,32,33). The van der Waals surface area contributed by atoms with Crippen LogP contribution in [0.25, 0.3) is 21.1 Å². The molecule has 9 nitrogen and oxygen atoms in total. The van der Waals surface area contributed by atoms with Gasteiger partial charge in [-0.2, -0.15) is 0 Å². The third-order valence-electron chi connectivity index (χ3n) is 5.16. The van der Waals surface area contributed by atoms with Crippen LogP contribution < -0.4 is 20.9 Å². The van der Waals surface area contributed by atoms with Gasteiger partial charge in [0.05, 0.1) is 16.2 Å². The lowest BCUT2D eigenvalue weighted by atomic mass is 10.1. The molecule has 2 aromatic heterocycles. The summed E-state index contributed by atoms with van der Waals surface area (Å²) in [5.74, 6) is 0.347. The minimum absolute atomic E-state index is 0.0232. The van der Waals surface area contributed by atoms with E-state index in [9.17, 15) is 13.2 Å². The predicted octanol–water partition coefficient (Wildman–Crippen LogP) is 5.13. The zero-order valence-electron chi connectivity index (χ0n) is 19.0. The van der Waals surface area contributed by atoms with Crippen molar-refractivity contribution in [2.45, 2.75) is 4.90 Å². The lowest BCUT2D eigenvalue weighted by Crippen LogP contribution is -2.11. The van der Waals surface area contributed by atoms with Crippen molar-refractivity contribution in [1.29, 1.82) is 0 Å². The maximum atomic E-state index is 12.2. The van der Waals surface area contributed by atoms with Gasteiger partial charge in [-0.25, -0.2) is 28.3 Å². The molecule has 0 amide bonds. The Hall–Kier alpha value is -4.10. The molecule has 5 aromatic rings. The van der Waals surface area contributed by atoms with Gasteiger partial charge in [0, 0.05) is 16.6 Å². The molecule has 186 valence electrons. The molecule has 0 unspecified atom stereocenters. The van der Waals surface area contributed by atoms with Crippen LogP contribution >= 0.6 is 22.7 Å². The predicted molar refractivity (Wildman–Crippen MR) is 146 cm³/mol. The van der Waals surface area contributed by atoms with Crippen LogP contribution in [0.2, 0.25) is 0 Å². The Bertz CT molecular complexity index is 1660. The molecule has 0 aliphatic heterocycles. The molecule has 3 aromatic carbocycles. The largest absolute Gasteiger partial charge is 0.423 e. The second-order valence-electron chi connectivity index (χ2n) is 7.75. The first-order valence-corrected chi connectivity index (χ1v) is 14.0. The molecule has 0 fully saturated rings. The quantitative estimate of drug-likeness (QED) is 0.187. The number of benzene rings is 3. The first kappa shape index (κ1) is 24.6. The van der Waals surface area contributed by atoms with Gasteiger partial charge in [0.25, 0.3) is 0 Å². The van der Waals surface area contributed by atoms with Crippen molar-refractivity contribution >= 4 is 55.3 Å². The summed E-state index contributed by atoms with van der Waals surface area (Å²) in [4.78, 5) is 22.1. The summed E-state index contributed by atoms with van der Waals surface area (Å²) in [5.41, 5.74) is 8.88. The highest BCUT2D eigenvalue weighted by atomic mass is 32.2. The Balaban J connectivity index is 1.28. The number of aromatic nitrogens is 2. The molecular formula is C25H19N5O4S3. The van der Waals surface area contributed by atoms with E-state index in [1.165, 1.54) is 34.8 Å². The van der Waals surface area contributed by atoms with E-state index in [1.54, 1.807) is 48.5 Å². The van der Waals surface area contributed by atoms with Crippen LogP contribution in [0.5, 0.6) is 5.75 Å². The Morgan fingerprint density at radius 2 is 1.62 bits per heavy atom. The molecule has 0 atom stereocenters. The average Bonchev–Trinajstić information content (AvgIpc) is 3.51. The number of nitrogen functional groups attached to an aromatic ring is 1. The Morgan fingerprint density at radius 3 is 2.30 bits per heavy atom. The summed E-state index contributed by atoms with van der Waals surface area (Å²) in [6.07, 6.45) is 0. The fourth-order valence-electron chi connectivity index (χ4n) is 3.33. The highest BCUT2D eigenvalue weighted by Gasteiger charge is 2.16. The summed E-state index contributed by atoms with van der Waals surface area (Å²) >= 11 is 2.77. The molecule has 0 spiro atoms. The van der Waals surface area contributed by atoms with Crippen LogP contribution in [0.4, 0.5) is 16.6 Å². The van der Waals surface area contributed by atoms with E-state index in [4.69, 9.17) is 20.6 Å². The SMILES string of the molecule is Nc1nc(Nc2ccc(S(N)(=O)=O)cc2)sc1-c1nc(-c2ccc(OC(=O)c3ccccc3)cc2)cs1. The molecule has 12 heteroatoms. The van der Waals surface area contributed by atoms with E-state index in [-0.39, 0.29) is 4.90 Å². The molecule has 0 bridgehead atoms. The number of nitrogens with one attached hydrogen (secondary N) is 1. The third-order valence-corrected chi connectivity index (χ3v) is 8.07. The van der Waals surface area contributed by atoms with Crippen molar-refractivity contribution in [1.82, 2.24) is 9.97 Å². The highest BCUT2D eigenvalue weighted by molar-refractivity contribution is 7.89. The van der Waals surface area contributed by atoms with Crippen molar-refractivity contribution in [2.24, 2.45) is 5.14 Å². The summed E-state index contributed by atoms with van der Waals surface area (Å²) in [6, 6.07) is 21.9.